The van der Waals surface area contributed by atoms with Gasteiger partial charge in [0.05, 0.1) is 22.5 Å². The summed E-state index contributed by atoms with van der Waals surface area (Å²) in [6, 6.07) is 13.0. The fourth-order valence-electron chi connectivity index (χ4n) is 4.32. The summed E-state index contributed by atoms with van der Waals surface area (Å²) < 4.78 is 6.17. The number of furan rings is 1. The fraction of sp³-hybridized carbons (Fsp3) is 0.261. The first-order chi connectivity index (χ1) is 13.0. The molecule has 0 spiro atoms. The molecule has 4 nitrogen and oxygen atoms in total. The summed E-state index contributed by atoms with van der Waals surface area (Å²) >= 11 is 0. The van der Waals surface area contributed by atoms with Crippen molar-refractivity contribution in [2.45, 2.75) is 33.9 Å². The Morgan fingerprint density at radius 3 is 2.63 bits per heavy atom. The van der Waals surface area contributed by atoms with Crippen molar-refractivity contribution in [1.29, 1.82) is 0 Å². The van der Waals surface area contributed by atoms with E-state index in [-0.39, 0.29) is 6.17 Å². The van der Waals surface area contributed by atoms with E-state index in [1.807, 2.05) is 13.1 Å². The Balaban J connectivity index is 1.84. The van der Waals surface area contributed by atoms with Crippen molar-refractivity contribution in [3.05, 3.63) is 59.4 Å². The van der Waals surface area contributed by atoms with Crippen molar-refractivity contribution in [3.8, 4) is 0 Å². The molecule has 0 amide bonds. The molecule has 0 fully saturated rings. The van der Waals surface area contributed by atoms with Crippen LogP contribution in [0.25, 0.3) is 21.9 Å². The lowest BCUT2D eigenvalue weighted by molar-refractivity contribution is 0.663. The van der Waals surface area contributed by atoms with E-state index in [4.69, 9.17) is 4.42 Å². The number of hydrogen-bond donors (Lipinski definition) is 0. The van der Waals surface area contributed by atoms with Gasteiger partial charge in [0.2, 0.25) is 0 Å². The zero-order valence-corrected chi connectivity index (χ0v) is 16.4. The van der Waals surface area contributed by atoms with E-state index in [1.165, 1.54) is 33.6 Å². The van der Waals surface area contributed by atoms with Gasteiger partial charge in [-0.15, -0.1) is 0 Å². The predicted molar refractivity (Wildman–Crippen MR) is 112 cm³/mol. The molecule has 1 atom stereocenters. The molecule has 1 aliphatic rings. The molecule has 0 bridgehead atoms. The summed E-state index contributed by atoms with van der Waals surface area (Å²) in [4.78, 5) is 9.18. The van der Waals surface area contributed by atoms with Crippen LogP contribution in [0.5, 0.6) is 0 Å². The zero-order chi connectivity index (χ0) is 18.9. The third-order valence-electron chi connectivity index (χ3n) is 5.85. The van der Waals surface area contributed by atoms with Crippen LogP contribution in [0.15, 0.2) is 47.0 Å². The lowest BCUT2D eigenvalue weighted by atomic mass is 10.1. The Labute approximate surface area is 159 Å². The number of benzene rings is 2. The van der Waals surface area contributed by atoms with Crippen LogP contribution in [0.4, 0.5) is 17.1 Å². The summed E-state index contributed by atoms with van der Waals surface area (Å²) in [5.74, 6) is 0. The van der Waals surface area contributed by atoms with Gasteiger partial charge in [0.25, 0.3) is 0 Å². The first-order valence-electron chi connectivity index (χ1n) is 9.37. The van der Waals surface area contributed by atoms with Crippen LogP contribution >= 0.6 is 0 Å². The average Bonchev–Trinajstić information content (AvgIpc) is 3.14. The third kappa shape index (κ3) is 2.13. The van der Waals surface area contributed by atoms with Gasteiger partial charge in [-0.2, -0.15) is 0 Å². The summed E-state index contributed by atoms with van der Waals surface area (Å²) in [6.45, 7) is 8.58. The molecule has 0 saturated carbocycles. The summed E-state index contributed by atoms with van der Waals surface area (Å²) in [5, 5.41) is 2.31. The largest absolute Gasteiger partial charge is 0.454 e. The highest BCUT2D eigenvalue weighted by Gasteiger charge is 2.35. The van der Waals surface area contributed by atoms with Crippen LogP contribution in [0, 0.1) is 20.8 Å². The van der Waals surface area contributed by atoms with Crippen LogP contribution in [0.3, 0.4) is 0 Å². The predicted octanol–water partition coefficient (Wildman–Crippen LogP) is 5.84. The maximum Gasteiger partial charge on any atom is 0.156 e. The van der Waals surface area contributed by atoms with E-state index in [0.29, 0.717) is 0 Å². The van der Waals surface area contributed by atoms with Crippen LogP contribution in [-0.4, -0.2) is 18.2 Å². The van der Waals surface area contributed by atoms with Crippen molar-refractivity contribution in [1.82, 2.24) is 4.98 Å². The topological polar surface area (TPSA) is 32.5 Å². The monoisotopic (exact) mass is 357 g/mol. The number of pyridine rings is 1. The maximum atomic E-state index is 6.17. The first-order valence-corrected chi connectivity index (χ1v) is 9.37. The zero-order valence-electron chi connectivity index (χ0n) is 16.4. The molecule has 3 heterocycles. The fourth-order valence-corrected chi connectivity index (χ4v) is 4.32. The molecule has 2 aromatic carbocycles. The second-order valence-electron chi connectivity index (χ2n) is 7.58. The number of fused-ring (bicyclic) bond motifs is 5. The standard InChI is InChI=1S/C23H23N3O/c1-13-6-7-14(2)19(12-13)26-16(4)25(5)22-18(26)8-9-20-21(22)17-10-11-24-15(3)23(17)27-20/h6-12,16H,1-5H3/t16-/m0/s1. The Hall–Kier alpha value is -3.01. The second-order valence-corrected chi connectivity index (χ2v) is 7.58. The molecule has 4 heteroatoms. The lowest BCUT2D eigenvalue weighted by Crippen LogP contribution is -2.36. The van der Waals surface area contributed by atoms with Gasteiger partial charge in [0, 0.05) is 24.3 Å². The normalized spacial score (nSPS) is 16.6. The van der Waals surface area contributed by atoms with Gasteiger partial charge in [0.15, 0.2) is 5.58 Å². The maximum absolute atomic E-state index is 6.17. The number of hydrogen-bond acceptors (Lipinski definition) is 4. The Morgan fingerprint density at radius 2 is 1.81 bits per heavy atom. The van der Waals surface area contributed by atoms with E-state index in [2.05, 4.69) is 79.0 Å². The second kappa shape index (κ2) is 5.49. The van der Waals surface area contributed by atoms with E-state index >= 15 is 0 Å². The quantitative estimate of drug-likeness (QED) is 0.428. The molecule has 136 valence electrons. The molecule has 0 saturated heterocycles. The SMILES string of the molecule is Cc1ccc(C)c(N2c3ccc4oc5c(C)nccc5c4c3N(C)[C@@H]2C)c1. The van der Waals surface area contributed by atoms with E-state index in [9.17, 15) is 0 Å². The molecule has 0 radical (unpaired) electrons. The van der Waals surface area contributed by atoms with Crippen LogP contribution in [0.1, 0.15) is 23.7 Å². The summed E-state index contributed by atoms with van der Waals surface area (Å²) in [7, 11) is 2.17. The van der Waals surface area contributed by atoms with Gasteiger partial charge < -0.3 is 14.2 Å². The van der Waals surface area contributed by atoms with Gasteiger partial charge in [-0.1, -0.05) is 12.1 Å². The van der Waals surface area contributed by atoms with Crippen molar-refractivity contribution in [3.63, 3.8) is 0 Å². The van der Waals surface area contributed by atoms with E-state index in [0.717, 1.165) is 22.2 Å². The number of rotatable bonds is 1. The van der Waals surface area contributed by atoms with Gasteiger partial charge in [-0.3, -0.25) is 4.98 Å². The third-order valence-corrected chi connectivity index (χ3v) is 5.85. The molecular formula is C23H23N3O. The molecule has 0 unspecified atom stereocenters. The molecule has 2 aromatic heterocycles. The smallest absolute Gasteiger partial charge is 0.156 e. The minimum Gasteiger partial charge on any atom is -0.454 e. The minimum atomic E-state index is 0.221. The average molecular weight is 357 g/mol. The summed E-state index contributed by atoms with van der Waals surface area (Å²) in [6.07, 6.45) is 2.09. The van der Waals surface area contributed by atoms with Gasteiger partial charge in [-0.05, 0) is 63.1 Å². The van der Waals surface area contributed by atoms with Gasteiger partial charge >= 0.3 is 0 Å². The molecule has 0 aliphatic carbocycles. The highest BCUT2D eigenvalue weighted by atomic mass is 16.3. The van der Waals surface area contributed by atoms with Crippen LogP contribution in [0.2, 0.25) is 0 Å². The minimum absolute atomic E-state index is 0.221. The molecule has 5 rings (SSSR count). The Kier molecular flexibility index (Phi) is 3.29. The van der Waals surface area contributed by atoms with Gasteiger partial charge in [0.1, 0.15) is 11.7 Å². The molecule has 0 N–H and O–H groups in total. The van der Waals surface area contributed by atoms with E-state index < -0.39 is 0 Å². The highest BCUT2D eigenvalue weighted by Crippen LogP contribution is 2.50. The number of aromatic nitrogens is 1. The molecule has 4 aromatic rings. The van der Waals surface area contributed by atoms with Crippen LogP contribution in [-0.2, 0) is 0 Å². The molecular weight excluding hydrogens is 334 g/mol. The highest BCUT2D eigenvalue weighted by molar-refractivity contribution is 6.16. The van der Waals surface area contributed by atoms with Crippen molar-refractivity contribution in [2.75, 3.05) is 16.8 Å². The number of anilines is 3. The van der Waals surface area contributed by atoms with Gasteiger partial charge in [-0.25, -0.2) is 0 Å². The van der Waals surface area contributed by atoms with Crippen molar-refractivity contribution in [2.24, 2.45) is 0 Å². The first kappa shape index (κ1) is 16.2. The Bertz CT molecular complexity index is 1210. The van der Waals surface area contributed by atoms with Crippen molar-refractivity contribution < 1.29 is 4.42 Å². The van der Waals surface area contributed by atoms with E-state index in [1.54, 1.807) is 0 Å². The van der Waals surface area contributed by atoms with Crippen LogP contribution < -0.4 is 9.80 Å². The molecule has 27 heavy (non-hydrogen) atoms. The number of nitrogens with zero attached hydrogens (tertiary/aromatic N) is 3. The summed E-state index contributed by atoms with van der Waals surface area (Å²) in [5.41, 5.74) is 9.00. The molecule has 1 aliphatic heterocycles. The van der Waals surface area contributed by atoms with Crippen molar-refractivity contribution >= 4 is 39.0 Å². The lowest BCUT2D eigenvalue weighted by Gasteiger charge is -2.29. The Morgan fingerprint density at radius 1 is 1.00 bits per heavy atom. The number of aryl methyl sites for hydroxylation is 3.